The molecular weight excluding hydrogens is 336 g/mol. The van der Waals surface area contributed by atoms with Crippen LogP contribution in [0.5, 0.6) is 0 Å². The Morgan fingerprint density at radius 2 is 2.23 bits per heavy atom. The number of likely N-dealkylation sites (tertiary alicyclic amines) is 1. The minimum absolute atomic E-state index is 0.0886. The fraction of sp³-hybridized carbons (Fsp3) is 0.333. The third-order valence-electron chi connectivity index (χ3n) is 4.62. The number of nitrogens with one attached hydrogen (secondary N) is 1. The zero-order chi connectivity index (χ0) is 18.0. The van der Waals surface area contributed by atoms with Gasteiger partial charge in [-0.25, -0.2) is 0 Å². The van der Waals surface area contributed by atoms with Crippen LogP contribution in [0.2, 0.25) is 0 Å². The molecule has 4 heterocycles. The van der Waals surface area contributed by atoms with Gasteiger partial charge in [-0.1, -0.05) is 5.16 Å². The number of pyridine rings is 1. The van der Waals surface area contributed by atoms with Crippen molar-refractivity contribution in [1.29, 1.82) is 0 Å². The molecule has 1 fully saturated rings. The van der Waals surface area contributed by atoms with E-state index in [-0.39, 0.29) is 11.8 Å². The van der Waals surface area contributed by atoms with Gasteiger partial charge in [0.1, 0.15) is 11.5 Å². The predicted molar refractivity (Wildman–Crippen MR) is 91.2 cm³/mol. The molecular formula is C18H18N4O4. The van der Waals surface area contributed by atoms with Gasteiger partial charge in [0.2, 0.25) is 0 Å². The van der Waals surface area contributed by atoms with Crippen LogP contribution in [0.15, 0.2) is 52.5 Å². The van der Waals surface area contributed by atoms with E-state index in [9.17, 15) is 9.59 Å². The van der Waals surface area contributed by atoms with Gasteiger partial charge >= 0.3 is 0 Å². The molecule has 2 amide bonds. The van der Waals surface area contributed by atoms with Crippen LogP contribution in [0.1, 0.15) is 29.0 Å². The molecule has 0 aliphatic carbocycles. The second-order valence-corrected chi connectivity index (χ2v) is 6.47. The molecule has 1 N–H and O–H groups in total. The van der Waals surface area contributed by atoms with Crippen molar-refractivity contribution in [3.05, 3.63) is 54.2 Å². The van der Waals surface area contributed by atoms with E-state index in [1.165, 1.54) is 0 Å². The predicted octanol–water partition coefficient (Wildman–Crippen LogP) is 1.35. The highest BCUT2D eigenvalue weighted by Gasteiger charge is 2.48. The van der Waals surface area contributed by atoms with Gasteiger partial charge in [0.25, 0.3) is 11.8 Å². The Labute approximate surface area is 149 Å². The van der Waals surface area contributed by atoms with Crippen LogP contribution in [0.3, 0.4) is 0 Å². The van der Waals surface area contributed by atoms with E-state index in [2.05, 4.69) is 15.5 Å². The van der Waals surface area contributed by atoms with Crippen molar-refractivity contribution < 1.29 is 18.8 Å². The van der Waals surface area contributed by atoms with E-state index in [1.807, 2.05) is 0 Å². The lowest BCUT2D eigenvalue weighted by Crippen LogP contribution is -2.38. The third-order valence-corrected chi connectivity index (χ3v) is 4.62. The van der Waals surface area contributed by atoms with Gasteiger partial charge in [-0.05, 0) is 24.3 Å². The molecule has 2 aromatic heterocycles. The number of furan rings is 1. The Balaban J connectivity index is 1.34. The summed E-state index contributed by atoms with van der Waals surface area (Å²) in [6, 6.07) is 7.02. The van der Waals surface area contributed by atoms with Crippen LogP contribution in [0.25, 0.3) is 0 Å². The maximum absolute atomic E-state index is 12.5. The number of hydrogen-bond acceptors (Lipinski definition) is 6. The highest BCUT2D eigenvalue weighted by Crippen LogP contribution is 2.34. The van der Waals surface area contributed by atoms with Crippen LogP contribution in [-0.4, -0.2) is 46.1 Å². The van der Waals surface area contributed by atoms with E-state index < -0.39 is 5.60 Å². The van der Waals surface area contributed by atoms with Crippen molar-refractivity contribution in [2.75, 3.05) is 13.1 Å². The number of hydrogen-bond donors (Lipinski definition) is 1. The summed E-state index contributed by atoms with van der Waals surface area (Å²) < 4.78 is 5.19. The molecule has 4 rings (SSSR count). The lowest BCUT2D eigenvalue weighted by atomic mass is 9.96. The molecule has 134 valence electrons. The van der Waals surface area contributed by atoms with Crippen LogP contribution in [0.4, 0.5) is 0 Å². The lowest BCUT2D eigenvalue weighted by Gasteiger charge is -2.21. The number of carbonyl (C=O) groups excluding carboxylic acids is 2. The second-order valence-electron chi connectivity index (χ2n) is 6.47. The topological polar surface area (TPSA) is 97.0 Å². The average Bonchev–Trinajstić information content (AvgIpc) is 3.42. The molecule has 2 aliphatic heterocycles. The van der Waals surface area contributed by atoms with Gasteiger partial charge in [-0.15, -0.1) is 0 Å². The zero-order valence-electron chi connectivity index (χ0n) is 14.1. The number of oxime groups is 1. The molecule has 1 atom stereocenters. The summed E-state index contributed by atoms with van der Waals surface area (Å²) in [5.74, 6) is 0.297. The van der Waals surface area contributed by atoms with Crippen LogP contribution in [0, 0.1) is 0 Å². The van der Waals surface area contributed by atoms with Crippen molar-refractivity contribution in [2.24, 2.45) is 5.16 Å². The van der Waals surface area contributed by atoms with Gasteiger partial charge in [0.15, 0.2) is 5.60 Å². The van der Waals surface area contributed by atoms with Crippen LogP contribution >= 0.6 is 0 Å². The first-order valence-electron chi connectivity index (χ1n) is 8.40. The lowest BCUT2D eigenvalue weighted by molar-refractivity contribution is -0.115. The minimum Gasteiger partial charge on any atom is -0.467 e. The normalized spacial score (nSPS) is 21.5. The van der Waals surface area contributed by atoms with Crippen molar-refractivity contribution >= 4 is 17.5 Å². The summed E-state index contributed by atoms with van der Waals surface area (Å²) in [5, 5.41) is 6.72. The van der Waals surface area contributed by atoms with E-state index >= 15 is 0 Å². The Morgan fingerprint density at radius 1 is 1.31 bits per heavy atom. The van der Waals surface area contributed by atoms with Gasteiger partial charge in [-0.2, -0.15) is 0 Å². The molecule has 8 nitrogen and oxygen atoms in total. The number of carbonyl (C=O) groups is 2. The van der Waals surface area contributed by atoms with Gasteiger partial charge < -0.3 is 19.5 Å². The fourth-order valence-electron chi connectivity index (χ4n) is 3.23. The second kappa shape index (κ2) is 6.62. The summed E-state index contributed by atoms with van der Waals surface area (Å²) >= 11 is 0. The van der Waals surface area contributed by atoms with Crippen molar-refractivity contribution in [1.82, 2.24) is 15.2 Å². The monoisotopic (exact) mass is 354 g/mol. The summed E-state index contributed by atoms with van der Waals surface area (Å²) in [5.41, 5.74) is 0.266. The average molecular weight is 354 g/mol. The first-order chi connectivity index (χ1) is 12.7. The summed E-state index contributed by atoms with van der Waals surface area (Å²) in [4.78, 5) is 36.1. The molecule has 0 radical (unpaired) electrons. The third kappa shape index (κ3) is 3.17. The van der Waals surface area contributed by atoms with Crippen LogP contribution < -0.4 is 5.32 Å². The van der Waals surface area contributed by atoms with Crippen molar-refractivity contribution in [2.45, 2.75) is 25.0 Å². The molecule has 2 aromatic rings. The van der Waals surface area contributed by atoms with Crippen LogP contribution in [-0.2, 0) is 16.2 Å². The van der Waals surface area contributed by atoms with E-state index in [0.29, 0.717) is 49.5 Å². The molecule has 1 spiro atoms. The number of rotatable bonds is 4. The largest absolute Gasteiger partial charge is 0.467 e. The quantitative estimate of drug-likeness (QED) is 0.894. The molecule has 0 unspecified atom stereocenters. The van der Waals surface area contributed by atoms with E-state index in [0.717, 1.165) is 0 Å². The van der Waals surface area contributed by atoms with Gasteiger partial charge in [0.05, 0.1) is 24.9 Å². The Kier molecular flexibility index (Phi) is 4.16. The maximum atomic E-state index is 12.5. The maximum Gasteiger partial charge on any atom is 0.269 e. The highest BCUT2D eigenvalue weighted by atomic mass is 16.7. The Morgan fingerprint density at radius 3 is 3.00 bits per heavy atom. The van der Waals surface area contributed by atoms with E-state index in [1.54, 1.807) is 47.8 Å². The first-order valence-corrected chi connectivity index (χ1v) is 8.40. The summed E-state index contributed by atoms with van der Waals surface area (Å²) in [7, 11) is 0. The standard InChI is InChI=1S/C18H18N4O4/c23-16(20-11-14-4-2-8-25-14)15-9-18(26-21-15)5-7-22(12-18)17(24)13-3-1-6-19-10-13/h1-4,6,8,10H,5,7,9,11-12H2,(H,20,23)/t18-/m1/s1. The molecule has 1 saturated heterocycles. The molecule has 0 saturated carbocycles. The molecule has 8 heteroatoms. The Bertz CT molecular complexity index is 834. The molecule has 26 heavy (non-hydrogen) atoms. The summed E-state index contributed by atoms with van der Waals surface area (Å²) in [6.07, 6.45) is 5.75. The number of nitrogens with zero attached hydrogens (tertiary/aromatic N) is 3. The van der Waals surface area contributed by atoms with Crippen molar-refractivity contribution in [3.63, 3.8) is 0 Å². The number of aromatic nitrogens is 1. The molecule has 0 aromatic carbocycles. The number of amides is 2. The SMILES string of the molecule is O=C(NCc1ccco1)C1=NO[C@]2(CCN(C(=O)c3cccnc3)C2)C1. The van der Waals surface area contributed by atoms with E-state index in [4.69, 9.17) is 9.25 Å². The van der Waals surface area contributed by atoms with Gasteiger partial charge in [-0.3, -0.25) is 14.6 Å². The van der Waals surface area contributed by atoms with Gasteiger partial charge in [0, 0.05) is 31.8 Å². The fourth-order valence-corrected chi connectivity index (χ4v) is 3.23. The smallest absolute Gasteiger partial charge is 0.269 e. The highest BCUT2D eigenvalue weighted by molar-refractivity contribution is 6.39. The minimum atomic E-state index is -0.616. The summed E-state index contributed by atoms with van der Waals surface area (Å²) in [6.45, 7) is 1.26. The first kappa shape index (κ1) is 16.3. The zero-order valence-corrected chi connectivity index (χ0v) is 14.1. The Hall–Kier alpha value is -3.16. The molecule has 0 bridgehead atoms. The molecule has 2 aliphatic rings. The van der Waals surface area contributed by atoms with Crippen molar-refractivity contribution in [3.8, 4) is 0 Å².